The number of rotatable bonds is 7. The third-order valence-corrected chi connectivity index (χ3v) is 4.37. The molecule has 1 aliphatic heterocycles. The van der Waals surface area contributed by atoms with Crippen LogP contribution in [0.25, 0.3) is 0 Å². The summed E-state index contributed by atoms with van der Waals surface area (Å²) in [6.07, 6.45) is 3.12. The van der Waals surface area contributed by atoms with Gasteiger partial charge in [-0.1, -0.05) is 6.92 Å². The van der Waals surface area contributed by atoms with Gasteiger partial charge >= 0.3 is 6.09 Å². The van der Waals surface area contributed by atoms with Gasteiger partial charge in [0, 0.05) is 25.2 Å². The Balaban J connectivity index is 2.17. The number of hydrogen-bond acceptors (Lipinski definition) is 4. The van der Waals surface area contributed by atoms with Crippen LogP contribution in [-0.4, -0.2) is 54.3 Å². The summed E-state index contributed by atoms with van der Waals surface area (Å²) in [5, 5.41) is 3.68. The fraction of sp³-hybridized carbons (Fsp3) is 0.929. The van der Waals surface area contributed by atoms with E-state index >= 15 is 0 Å². The highest BCUT2D eigenvalue weighted by Gasteiger charge is 2.23. The normalized spacial score (nSPS) is 18.4. The average molecular weight is 288 g/mol. The Labute approximate surface area is 121 Å². The van der Waals surface area contributed by atoms with Crippen molar-refractivity contribution in [3.8, 4) is 0 Å². The van der Waals surface area contributed by atoms with Gasteiger partial charge in [-0.15, -0.1) is 0 Å². The number of carbonyl (C=O) groups excluding carboxylic acids is 1. The highest BCUT2D eigenvalue weighted by Crippen LogP contribution is 2.13. The van der Waals surface area contributed by atoms with Crippen LogP contribution in [0.5, 0.6) is 0 Å². The summed E-state index contributed by atoms with van der Waals surface area (Å²) in [6.45, 7) is 8.40. The zero-order valence-corrected chi connectivity index (χ0v) is 13.3. The van der Waals surface area contributed by atoms with Crippen molar-refractivity contribution < 1.29 is 9.53 Å². The standard InChI is InChI=1S/C14H28N2O2S/c1-4-18-14(17)16-9-6-13(7-10-16)15-12(3)8-11-19-5-2/h12-13,15H,4-11H2,1-3H3. The smallest absolute Gasteiger partial charge is 0.409 e. The highest BCUT2D eigenvalue weighted by molar-refractivity contribution is 7.99. The summed E-state index contributed by atoms with van der Waals surface area (Å²) in [5.41, 5.74) is 0. The lowest BCUT2D eigenvalue weighted by atomic mass is 10.0. The van der Waals surface area contributed by atoms with Crippen LogP contribution in [0.1, 0.15) is 40.0 Å². The molecule has 4 nitrogen and oxygen atoms in total. The van der Waals surface area contributed by atoms with Crippen molar-refractivity contribution in [3.63, 3.8) is 0 Å². The SMILES string of the molecule is CCOC(=O)N1CCC(NC(C)CCSCC)CC1. The van der Waals surface area contributed by atoms with Crippen molar-refractivity contribution >= 4 is 17.9 Å². The van der Waals surface area contributed by atoms with Crippen LogP contribution in [0.2, 0.25) is 0 Å². The predicted octanol–water partition coefficient (Wildman–Crippen LogP) is 2.73. The van der Waals surface area contributed by atoms with Crippen LogP contribution in [-0.2, 0) is 4.74 Å². The van der Waals surface area contributed by atoms with Crippen molar-refractivity contribution in [2.24, 2.45) is 0 Å². The number of nitrogens with one attached hydrogen (secondary N) is 1. The molecule has 0 aromatic heterocycles. The molecule has 1 atom stereocenters. The van der Waals surface area contributed by atoms with E-state index in [1.165, 1.54) is 17.9 Å². The Hall–Kier alpha value is -0.420. The maximum atomic E-state index is 11.6. The predicted molar refractivity (Wildman–Crippen MR) is 81.8 cm³/mol. The number of piperidine rings is 1. The quantitative estimate of drug-likeness (QED) is 0.731. The van der Waals surface area contributed by atoms with E-state index < -0.39 is 0 Å². The Kier molecular flexibility index (Phi) is 8.30. The Morgan fingerprint density at radius 1 is 1.42 bits per heavy atom. The van der Waals surface area contributed by atoms with E-state index in [2.05, 4.69) is 19.2 Å². The van der Waals surface area contributed by atoms with Crippen molar-refractivity contribution in [2.45, 2.75) is 52.1 Å². The zero-order valence-electron chi connectivity index (χ0n) is 12.5. The van der Waals surface area contributed by atoms with E-state index in [0.717, 1.165) is 25.9 Å². The van der Waals surface area contributed by atoms with Gasteiger partial charge in [0.15, 0.2) is 0 Å². The summed E-state index contributed by atoms with van der Waals surface area (Å²) >= 11 is 2.00. The molecule has 0 aromatic carbocycles. The minimum atomic E-state index is -0.159. The van der Waals surface area contributed by atoms with Crippen LogP contribution in [0.3, 0.4) is 0 Å². The van der Waals surface area contributed by atoms with E-state index in [0.29, 0.717) is 18.7 Å². The number of amides is 1. The van der Waals surface area contributed by atoms with E-state index in [9.17, 15) is 4.79 Å². The summed E-state index contributed by atoms with van der Waals surface area (Å²) < 4.78 is 5.03. The lowest BCUT2D eigenvalue weighted by molar-refractivity contribution is 0.0943. The molecule has 0 saturated carbocycles. The molecular formula is C14H28N2O2S. The Morgan fingerprint density at radius 2 is 2.11 bits per heavy atom. The molecule has 1 heterocycles. The van der Waals surface area contributed by atoms with Gasteiger partial charge in [0.25, 0.3) is 0 Å². The van der Waals surface area contributed by atoms with Gasteiger partial charge < -0.3 is 15.0 Å². The molecule has 1 unspecified atom stereocenters. The largest absolute Gasteiger partial charge is 0.450 e. The van der Waals surface area contributed by atoms with Crippen molar-refractivity contribution in [1.82, 2.24) is 10.2 Å². The van der Waals surface area contributed by atoms with Crippen LogP contribution < -0.4 is 5.32 Å². The zero-order chi connectivity index (χ0) is 14.1. The Bertz CT molecular complexity index is 256. The second kappa shape index (κ2) is 9.48. The number of nitrogens with zero attached hydrogens (tertiary/aromatic N) is 1. The topological polar surface area (TPSA) is 41.6 Å². The molecule has 1 amide bonds. The molecule has 1 N–H and O–H groups in total. The molecule has 112 valence electrons. The number of carbonyl (C=O) groups is 1. The maximum Gasteiger partial charge on any atom is 0.409 e. The van der Waals surface area contributed by atoms with E-state index in [4.69, 9.17) is 4.74 Å². The third-order valence-electron chi connectivity index (χ3n) is 3.44. The van der Waals surface area contributed by atoms with Crippen LogP contribution in [0.15, 0.2) is 0 Å². The molecule has 19 heavy (non-hydrogen) atoms. The van der Waals surface area contributed by atoms with Crippen LogP contribution in [0, 0.1) is 0 Å². The number of thioether (sulfide) groups is 1. The Morgan fingerprint density at radius 3 is 2.68 bits per heavy atom. The van der Waals surface area contributed by atoms with Gasteiger partial charge in [-0.3, -0.25) is 0 Å². The molecule has 5 heteroatoms. The minimum Gasteiger partial charge on any atom is -0.450 e. The maximum absolute atomic E-state index is 11.6. The van der Waals surface area contributed by atoms with Crippen molar-refractivity contribution in [1.29, 1.82) is 0 Å². The average Bonchev–Trinajstić information content (AvgIpc) is 2.40. The molecule has 0 spiro atoms. The van der Waals surface area contributed by atoms with Crippen molar-refractivity contribution in [3.05, 3.63) is 0 Å². The lowest BCUT2D eigenvalue weighted by Crippen LogP contribution is -2.47. The first-order valence-corrected chi connectivity index (χ1v) is 8.58. The third kappa shape index (κ3) is 6.52. The van der Waals surface area contributed by atoms with Crippen LogP contribution in [0.4, 0.5) is 4.79 Å². The van der Waals surface area contributed by atoms with Gasteiger partial charge in [0.05, 0.1) is 6.61 Å². The van der Waals surface area contributed by atoms with Gasteiger partial charge in [0.1, 0.15) is 0 Å². The first-order chi connectivity index (χ1) is 9.17. The summed E-state index contributed by atoms with van der Waals surface area (Å²) in [6, 6.07) is 1.12. The summed E-state index contributed by atoms with van der Waals surface area (Å²) in [4.78, 5) is 13.4. The molecule has 1 aliphatic rings. The van der Waals surface area contributed by atoms with Crippen LogP contribution >= 0.6 is 11.8 Å². The fourth-order valence-corrected chi connectivity index (χ4v) is 3.14. The summed E-state index contributed by atoms with van der Waals surface area (Å²) in [7, 11) is 0. The molecule has 0 aliphatic carbocycles. The monoisotopic (exact) mass is 288 g/mol. The molecule has 1 fully saturated rings. The fourth-order valence-electron chi connectivity index (χ4n) is 2.33. The minimum absolute atomic E-state index is 0.159. The molecule has 0 bridgehead atoms. The highest BCUT2D eigenvalue weighted by atomic mass is 32.2. The lowest BCUT2D eigenvalue weighted by Gasteiger charge is -2.33. The first-order valence-electron chi connectivity index (χ1n) is 7.42. The van der Waals surface area contributed by atoms with Gasteiger partial charge in [-0.2, -0.15) is 11.8 Å². The van der Waals surface area contributed by atoms with Gasteiger partial charge in [-0.05, 0) is 44.6 Å². The number of ether oxygens (including phenoxy) is 1. The van der Waals surface area contributed by atoms with E-state index in [1.54, 1.807) is 0 Å². The van der Waals surface area contributed by atoms with E-state index in [1.807, 2.05) is 23.6 Å². The molecular weight excluding hydrogens is 260 g/mol. The molecule has 0 radical (unpaired) electrons. The van der Waals surface area contributed by atoms with E-state index in [-0.39, 0.29) is 6.09 Å². The molecule has 1 rings (SSSR count). The number of hydrogen-bond donors (Lipinski definition) is 1. The van der Waals surface area contributed by atoms with Gasteiger partial charge in [0.2, 0.25) is 0 Å². The second-order valence-electron chi connectivity index (χ2n) is 5.01. The second-order valence-corrected chi connectivity index (χ2v) is 6.41. The van der Waals surface area contributed by atoms with Gasteiger partial charge in [-0.25, -0.2) is 4.79 Å². The number of likely N-dealkylation sites (tertiary alicyclic amines) is 1. The van der Waals surface area contributed by atoms with Crippen molar-refractivity contribution in [2.75, 3.05) is 31.2 Å². The summed E-state index contributed by atoms with van der Waals surface area (Å²) in [5.74, 6) is 2.43. The molecule has 0 aromatic rings. The molecule has 1 saturated heterocycles. The first kappa shape index (κ1) is 16.6.